The third-order valence-corrected chi connectivity index (χ3v) is 8.90. The van der Waals surface area contributed by atoms with Crippen LogP contribution in [-0.4, -0.2) is 35.8 Å². The van der Waals surface area contributed by atoms with Crippen LogP contribution >= 0.6 is 9.50 Å². The second-order valence-electron chi connectivity index (χ2n) is 5.12. The van der Waals surface area contributed by atoms with Gasteiger partial charge in [0.05, 0.1) is 9.85 Å². The summed E-state index contributed by atoms with van der Waals surface area (Å²) in [5, 5.41) is 21.6. The Hall–Kier alpha value is -2.72. The Morgan fingerprint density at radius 2 is 1.41 bits per heavy atom. The van der Waals surface area contributed by atoms with Crippen LogP contribution in [0.4, 0.5) is 11.4 Å². The predicted octanol–water partition coefficient (Wildman–Crippen LogP) is 2.46. The lowest BCUT2D eigenvalue weighted by atomic mass is 10.1. The van der Waals surface area contributed by atoms with Crippen LogP contribution in [-0.2, 0) is 19.3 Å². The minimum Gasteiger partial charge on any atom is -0.282 e. The maximum absolute atomic E-state index is 12.0. The first-order valence-corrected chi connectivity index (χ1v) is 11.3. The van der Waals surface area contributed by atoms with Crippen LogP contribution in [0.15, 0.2) is 35.2 Å². The van der Waals surface area contributed by atoms with E-state index in [-0.39, 0.29) is 4.70 Å². The summed E-state index contributed by atoms with van der Waals surface area (Å²) >= 11 is 0. The Kier molecular flexibility index (Phi) is 4.16. The topological polar surface area (TPSA) is 195 Å². The van der Waals surface area contributed by atoms with Crippen molar-refractivity contribution < 1.29 is 35.8 Å². The minimum atomic E-state index is -5.09. The van der Waals surface area contributed by atoms with Crippen LogP contribution in [0.2, 0.25) is 0 Å². The lowest BCUT2D eigenvalue weighted by molar-refractivity contribution is -0.384. The third kappa shape index (κ3) is 2.90. The number of hydrogen-bond donors (Lipinski definition) is 2. The number of rotatable bonds is 4. The van der Waals surface area contributed by atoms with Crippen molar-refractivity contribution in [2.45, 2.75) is 4.90 Å². The van der Waals surface area contributed by atoms with Crippen LogP contribution in [0.1, 0.15) is 0 Å². The highest BCUT2D eigenvalue weighted by molar-refractivity contribution is 8.38. The van der Waals surface area contributed by atoms with E-state index < -0.39 is 70.4 Å². The molecule has 1 aromatic heterocycles. The molecular formula is C12H7N2O10S3+. The Labute approximate surface area is 151 Å². The second kappa shape index (κ2) is 5.89. The summed E-state index contributed by atoms with van der Waals surface area (Å²) in [5.74, 6) is 0. The Bertz CT molecular complexity index is 1370. The zero-order valence-corrected chi connectivity index (χ0v) is 15.1. The minimum absolute atomic E-state index is 0.388. The Morgan fingerprint density at radius 1 is 0.852 bits per heavy atom. The van der Waals surface area contributed by atoms with Gasteiger partial charge < -0.3 is 0 Å². The van der Waals surface area contributed by atoms with Crippen LogP contribution in [0.5, 0.6) is 0 Å². The van der Waals surface area contributed by atoms with Crippen molar-refractivity contribution in [3.05, 3.63) is 50.6 Å². The van der Waals surface area contributed by atoms with Gasteiger partial charge in [0.25, 0.3) is 21.5 Å². The van der Waals surface area contributed by atoms with Crippen LogP contribution in [0, 0.1) is 20.2 Å². The van der Waals surface area contributed by atoms with Gasteiger partial charge in [0.15, 0.2) is 4.90 Å². The summed E-state index contributed by atoms with van der Waals surface area (Å²) in [7, 11) is -12.7. The maximum atomic E-state index is 12.0. The van der Waals surface area contributed by atoms with Crippen molar-refractivity contribution >= 4 is 60.3 Å². The first kappa shape index (κ1) is 19.1. The van der Waals surface area contributed by atoms with Crippen LogP contribution in [0.25, 0.3) is 20.2 Å². The van der Waals surface area contributed by atoms with E-state index in [0.717, 1.165) is 18.2 Å². The highest BCUT2D eigenvalue weighted by Gasteiger charge is 2.42. The summed E-state index contributed by atoms with van der Waals surface area (Å²) < 4.78 is 65.2. The highest BCUT2D eigenvalue weighted by Crippen LogP contribution is 2.53. The van der Waals surface area contributed by atoms with Crippen molar-refractivity contribution in [1.82, 2.24) is 0 Å². The molecule has 3 aromatic rings. The lowest BCUT2D eigenvalue weighted by Crippen LogP contribution is -2.01. The Morgan fingerprint density at radius 3 is 1.89 bits per heavy atom. The number of nitro benzene ring substituents is 2. The molecule has 3 rings (SSSR count). The lowest BCUT2D eigenvalue weighted by Gasteiger charge is -1.98. The molecule has 2 aromatic carbocycles. The molecule has 0 spiro atoms. The standard InChI is InChI=1S/C12H6N2O10S3/c15-13(16)6-2-1-3-8-10(6)11-7(14(17)18)4-5-9(26(19,20)21)12(11)25(8)27(22,23)24/h1-5H,(H-,19,20,21,22,23,24)/p+1. The van der Waals surface area contributed by atoms with Crippen molar-refractivity contribution in [3.63, 3.8) is 0 Å². The van der Waals surface area contributed by atoms with E-state index in [1.165, 1.54) is 0 Å². The van der Waals surface area contributed by atoms with Gasteiger partial charge in [-0.15, -0.1) is 8.42 Å². The molecule has 0 aliphatic carbocycles. The van der Waals surface area contributed by atoms with Gasteiger partial charge in [0.1, 0.15) is 20.3 Å². The van der Waals surface area contributed by atoms with E-state index in [4.69, 9.17) is 0 Å². The first-order valence-electron chi connectivity index (χ1n) is 6.64. The number of hydrogen-bond acceptors (Lipinski definition) is 8. The van der Waals surface area contributed by atoms with E-state index in [1.54, 1.807) is 0 Å². The molecule has 2 N–H and O–H groups in total. The average Bonchev–Trinajstić information content (AvgIpc) is 2.87. The zero-order valence-electron chi connectivity index (χ0n) is 12.7. The Balaban J connectivity index is 2.88. The summed E-state index contributed by atoms with van der Waals surface area (Å²) in [6.45, 7) is 0. The fourth-order valence-corrected chi connectivity index (χ4v) is 8.18. The molecule has 142 valence electrons. The number of nitrogens with zero attached hydrogens (tertiary/aromatic N) is 2. The number of non-ortho nitro benzene ring substituents is 2. The zero-order chi connectivity index (χ0) is 20.3. The van der Waals surface area contributed by atoms with Crippen molar-refractivity contribution in [2.24, 2.45) is 0 Å². The van der Waals surface area contributed by atoms with Gasteiger partial charge in [-0.1, -0.05) is 0 Å². The van der Waals surface area contributed by atoms with E-state index in [1.807, 2.05) is 0 Å². The van der Waals surface area contributed by atoms with Gasteiger partial charge in [-0.3, -0.25) is 24.8 Å². The molecule has 0 amide bonds. The fourth-order valence-electron chi connectivity index (χ4n) is 2.74. The maximum Gasteiger partial charge on any atom is 0.473 e. The molecule has 15 heteroatoms. The summed E-state index contributed by atoms with van der Waals surface area (Å²) in [4.78, 5) is 19.8. The van der Waals surface area contributed by atoms with Crippen molar-refractivity contribution in [1.29, 1.82) is 0 Å². The predicted molar refractivity (Wildman–Crippen MR) is 94.0 cm³/mol. The van der Waals surface area contributed by atoms with E-state index in [2.05, 4.69) is 0 Å². The first-order chi connectivity index (χ1) is 12.4. The summed E-state index contributed by atoms with van der Waals surface area (Å²) in [5.41, 5.74) is -1.53. The van der Waals surface area contributed by atoms with E-state index >= 15 is 0 Å². The number of nitro groups is 2. The molecule has 1 unspecified atom stereocenters. The smallest absolute Gasteiger partial charge is 0.282 e. The van der Waals surface area contributed by atoms with E-state index in [0.29, 0.717) is 12.1 Å². The van der Waals surface area contributed by atoms with Crippen LogP contribution in [0.3, 0.4) is 0 Å². The van der Waals surface area contributed by atoms with Gasteiger partial charge in [-0.2, -0.15) is 8.42 Å². The molecule has 0 fully saturated rings. The number of benzene rings is 2. The molecule has 1 atom stereocenters. The van der Waals surface area contributed by atoms with Gasteiger partial charge in [0, 0.05) is 18.2 Å². The largest absolute Gasteiger partial charge is 0.473 e. The van der Waals surface area contributed by atoms with Crippen molar-refractivity contribution in [3.8, 4) is 0 Å². The molecule has 27 heavy (non-hydrogen) atoms. The monoisotopic (exact) mass is 435 g/mol. The summed E-state index contributed by atoms with van der Waals surface area (Å²) in [6.07, 6.45) is 0. The second-order valence-corrected chi connectivity index (χ2v) is 11.0. The summed E-state index contributed by atoms with van der Waals surface area (Å²) in [6, 6.07) is 4.39. The van der Waals surface area contributed by atoms with Crippen molar-refractivity contribution in [2.75, 3.05) is 0 Å². The number of fused-ring (bicyclic) bond motifs is 3. The molecule has 1 heterocycles. The van der Waals surface area contributed by atoms with E-state index in [9.17, 15) is 46.2 Å². The number of thiophene rings is 1. The fraction of sp³-hybridized carbons (Fsp3) is 0. The molecule has 0 aliphatic heterocycles. The average molecular weight is 435 g/mol. The highest BCUT2D eigenvalue weighted by atomic mass is 33.2. The molecule has 0 radical (unpaired) electrons. The molecular weight excluding hydrogens is 428 g/mol. The quantitative estimate of drug-likeness (QED) is 0.202. The van der Waals surface area contributed by atoms with Gasteiger partial charge in [-0.25, -0.2) is 4.55 Å². The SMILES string of the molecule is O=[N+]([O-])c1cccc2c1c1c([N+](=O)[O-])ccc(S(=O)(=O)O)c1[s+]2S(=O)(=O)O. The van der Waals surface area contributed by atoms with Gasteiger partial charge in [-0.05, 0) is 12.1 Å². The molecule has 0 bridgehead atoms. The molecule has 12 nitrogen and oxygen atoms in total. The van der Waals surface area contributed by atoms with Crippen LogP contribution < -0.4 is 0 Å². The molecule has 0 aliphatic rings. The normalized spacial score (nSPS) is 13.2. The van der Waals surface area contributed by atoms with Gasteiger partial charge in [0.2, 0.25) is 9.40 Å². The third-order valence-electron chi connectivity index (χ3n) is 3.62. The van der Waals surface area contributed by atoms with Gasteiger partial charge >= 0.3 is 9.15 Å². The molecule has 0 saturated heterocycles. The molecule has 0 saturated carbocycles.